The number of likely N-dealkylation sites (N-methyl/N-ethyl adjacent to an activating group) is 2. The number of nitrogens with one attached hydrogen (secondary N) is 1. The van der Waals surface area contributed by atoms with Gasteiger partial charge in [0.2, 0.25) is 5.91 Å². The molecule has 4 heteroatoms. The molecule has 1 amide bonds. The van der Waals surface area contributed by atoms with Crippen LogP contribution in [0.2, 0.25) is 0 Å². The Morgan fingerprint density at radius 3 is 2.22 bits per heavy atom. The van der Waals surface area contributed by atoms with Crippen LogP contribution >= 0.6 is 0 Å². The second kappa shape index (κ2) is 7.74. The Hall–Kier alpha value is -0.610. The molecular formula is C14H31N3O. The van der Waals surface area contributed by atoms with Crippen molar-refractivity contribution < 1.29 is 4.79 Å². The number of carbonyl (C=O) groups is 1. The molecule has 0 aromatic rings. The third-order valence-electron chi connectivity index (χ3n) is 2.82. The molecule has 0 saturated heterocycles. The maximum atomic E-state index is 12.2. The Kier molecular flexibility index (Phi) is 7.48. The monoisotopic (exact) mass is 257 g/mol. The molecule has 108 valence electrons. The van der Waals surface area contributed by atoms with Gasteiger partial charge in [-0.25, -0.2) is 0 Å². The third-order valence-corrected chi connectivity index (χ3v) is 2.82. The number of hydrogen-bond donors (Lipinski definition) is 1. The van der Waals surface area contributed by atoms with Gasteiger partial charge in [0.1, 0.15) is 0 Å². The topological polar surface area (TPSA) is 35.6 Å². The van der Waals surface area contributed by atoms with Crippen LogP contribution in [0.25, 0.3) is 0 Å². The quantitative estimate of drug-likeness (QED) is 0.752. The highest BCUT2D eigenvalue weighted by molar-refractivity contribution is 5.76. The average molecular weight is 257 g/mol. The van der Waals surface area contributed by atoms with Gasteiger partial charge in [-0.1, -0.05) is 0 Å². The van der Waals surface area contributed by atoms with Gasteiger partial charge in [0.15, 0.2) is 0 Å². The van der Waals surface area contributed by atoms with Crippen molar-refractivity contribution in [1.82, 2.24) is 15.1 Å². The van der Waals surface area contributed by atoms with Crippen LogP contribution in [0.3, 0.4) is 0 Å². The van der Waals surface area contributed by atoms with E-state index in [0.717, 1.165) is 19.6 Å². The molecule has 0 saturated carbocycles. The third kappa shape index (κ3) is 7.67. The number of amides is 1. The van der Waals surface area contributed by atoms with Crippen LogP contribution in [0.1, 0.15) is 41.0 Å². The second-order valence-corrected chi connectivity index (χ2v) is 6.22. The molecule has 0 rings (SSSR count). The summed E-state index contributed by atoms with van der Waals surface area (Å²) >= 11 is 0. The van der Waals surface area contributed by atoms with E-state index in [2.05, 4.69) is 37.9 Å². The van der Waals surface area contributed by atoms with Crippen molar-refractivity contribution in [3.63, 3.8) is 0 Å². The highest BCUT2D eigenvalue weighted by atomic mass is 16.2. The molecule has 0 aromatic heterocycles. The van der Waals surface area contributed by atoms with E-state index in [-0.39, 0.29) is 17.5 Å². The van der Waals surface area contributed by atoms with Gasteiger partial charge < -0.3 is 15.1 Å². The first-order valence-corrected chi connectivity index (χ1v) is 6.86. The highest BCUT2D eigenvalue weighted by Crippen LogP contribution is 2.04. The number of nitrogens with zero attached hydrogens (tertiary/aromatic N) is 2. The number of carbonyl (C=O) groups excluding carboxylic acids is 1. The Bertz CT molecular complexity index is 246. The van der Waals surface area contributed by atoms with E-state index in [1.807, 2.05) is 25.9 Å². The molecule has 0 aliphatic carbocycles. The lowest BCUT2D eigenvalue weighted by Crippen LogP contribution is -2.45. The smallest absolute Gasteiger partial charge is 0.224 e. The fraction of sp³-hybridized carbons (Fsp3) is 0.929. The Morgan fingerprint density at radius 2 is 1.83 bits per heavy atom. The predicted octanol–water partition coefficient (Wildman–Crippen LogP) is 1.56. The average Bonchev–Trinajstić information content (AvgIpc) is 2.15. The molecular weight excluding hydrogens is 226 g/mol. The van der Waals surface area contributed by atoms with E-state index >= 15 is 0 Å². The minimum Gasteiger partial charge on any atom is -0.339 e. The SMILES string of the molecule is CCN(C(=O)CCNC(C)(C)C)C(C)CN(C)C. The standard InChI is InChI=1S/C14H31N3O/c1-8-17(12(2)11-16(6)7)13(18)9-10-15-14(3,4)5/h12,15H,8-11H2,1-7H3. The largest absolute Gasteiger partial charge is 0.339 e. The molecule has 1 atom stereocenters. The van der Waals surface area contributed by atoms with E-state index in [0.29, 0.717) is 6.42 Å². The van der Waals surface area contributed by atoms with Crippen molar-refractivity contribution >= 4 is 5.91 Å². The molecule has 0 aromatic carbocycles. The zero-order valence-electron chi connectivity index (χ0n) is 13.2. The highest BCUT2D eigenvalue weighted by Gasteiger charge is 2.19. The first-order valence-electron chi connectivity index (χ1n) is 6.86. The first-order chi connectivity index (χ1) is 8.17. The van der Waals surface area contributed by atoms with Crippen LogP contribution in [0.4, 0.5) is 0 Å². The van der Waals surface area contributed by atoms with Gasteiger partial charge in [0, 0.05) is 37.6 Å². The summed E-state index contributed by atoms with van der Waals surface area (Å²) in [5.41, 5.74) is 0.0760. The Balaban J connectivity index is 4.19. The van der Waals surface area contributed by atoms with Crippen molar-refractivity contribution in [3.8, 4) is 0 Å². The van der Waals surface area contributed by atoms with Gasteiger partial charge in [-0.3, -0.25) is 4.79 Å². The van der Waals surface area contributed by atoms with E-state index < -0.39 is 0 Å². The summed E-state index contributed by atoms with van der Waals surface area (Å²) < 4.78 is 0. The molecule has 0 bridgehead atoms. The zero-order chi connectivity index (χ0) is 14.3. The molecule has 1 unspecified atom stereocenters. The molecule has 0 heterocycles. The molecule has 4 nitrogen and oxygen atoms in total. The van der Waals surface area contributed by atoms with Gasteiger partial charge in [-0.2, -0.15) is 0 Å². The van der Waals surface area contributed by atoms with Gasteiger partial charge in [-0.05, 0) is 48.7 Å². The molecule has 0 aliphatic rings. The van der Waals surface area contributed by atoms with Crippen molar-refractivity contribution in [3.05, 3.63) is 0 Å². The van der Waals surface area contributed by atoms with E-state index in [1.54, 1.807) is 0 Å². The van der Waals surface area contributed by atoms with Gasteiger partial charge in [0.05, 0.1) is 0 Å². The minimum atomic E-state index is 0.0760. The summed E-state index contributed by atoms with van der Waals surface area (Å²) in [4.78, 5) is 16.2. The fourth-order valence-corrected chi connectivity index (χ4v) is 2.05. The van der Waals surface area contributed by atoms with Crippen LogP contribution in [-0.2, 0) is 4.79 Å². The van der Waals surface area contributed by atoms with Crippen LogP contribution in [-0.4, -0.2) is 61.0 Å². The van der Waals surface area contributed by atoms with Crippen LogP contribution in [0.5, 0.6) is 0 Å². The molecule has 18 heavy (non-hydrogen) atoms. The van der Waals surface area contributed by atoms with Crippen LogP contribution in [0, 0.1) is 0 Å². The molecule has 0 spiro atoms. The molecule has 0 aliphatic heterocycles. The van der Waals surface area contributed by atoms with Crippen molar-refractivity contribution in [2.45, 2.75) is 52.6 Å². The Morgan fingerprint density at radius 1 is 1.28 bits per heavy atom. The second-order valence-electron chi connectivity index (χ2n) is 6.22. The summed E-state index contributed by atoms with van der Waals surface area (Å²) in [5, 5.41) is 3.35. The lowest BCUT2D eigenvalue weighted by Gasteiger charge is -2.30. The fourth-order valence-electron chi connectivity index (χ4n) is 2.05. The summed E-state index contributed by atoms with van der Waals surface area (Å²) in [5.74, 6) is 0.239. The lowest BCUT2D eigenvalue weighted by molar-refractivity contribution is -0.133. The van der Waals surface area contributed by atoms with E-state index in [9.17, 15) is 4.79 Å². The molecule has 0 fully saturated rings. The lowest BCUT2D eigenvalue weighted by atomic mass is 10.1. The summed E-state index contributed by atoms with van der Waals surface area (Å²) in [6.07, 6.45) is 0.572. The maximum absolute atomic E-state index is 12.2. The molecule has 0 radical (unpaired) electrons. The predicted molar refractivity (Wildman–Crippen MR) is 77.8 cm³/mol. The summed E-state index contributed by atoms with van der Waals surface area (Å²) in [6, 6.07) is 0.270. The molecule has 1 N–H and O–H groups in total. The first kappa shape index (κ1) is 17.4. The summed E-state index contributed by atoms with van der Waals surface area (Å²) in [7, 11) is 4.08. The maximum Gasteiger partial charge on any atom is 0.224 e. The summed E-state index contributed by atoms with van der Waals surface area (Å²) in [6.45, 7) is 12.9. The number of rotatable bonds is 7. The van der Waals surface area contributed by atoms with E-state index in [1.165, 1.54) is 0 Å². The minimum absolute atomic E-state index is 0.0760. The van der Waals surface area contributed by atoms with Crippen molar-refractivity contribution in [2.24, 2.45) is 0 Å². The van der Waals surface area contributed by atoms with Gasteiger partial charge in [-0.15, -0.1) is 0 Å². The van der Waals surface area contributed by atoms with Gasteiger partial charge >= 0.3 is 0 Å². The van der Waals surface area contributed by atoms with Gasteiger partial charge in [0.25, 0.3) is 0 Å². The van der Waals surface area contributed by atoms with Crippen molar-refractivity contribution in [1.29, 1.82) is 0 Å². The van der Waals surface area contributed by atoms with E-state index in [4.69, 9.17) is 0 Å². The Labute approximate surface area is 113 Å². The zero-order valence-corrected chi connectivity index (χ0v) is 13.2. The van der Waals surface area contributed by atoms with Crippen LogP contribution < -0.4 is 5.32 Å². The van der Waals surface area contributed by atoms with Crippen LogP contribution in [0.15, 0.2) is 0 Å². The van der Waals surface area contributed by atoms with Crippen molar-refractivity contribution in [2.75, 3.05) is 33.7 Å². The number of hydrogen-bond acceptors (Lipinski definition) is 3. The normalized spacial score (nSPS) is 13.8.